The number of nitrogens with zero attached hydrogens (tertiary/aromatic N) is 2. The number of halogens is 1. The lowest BCUT2D eigenvalue weighted by molar-refractivity contribution is 0.0671. The highest BCUT2D eigenvalue weighted by Crippen LogP contribution is 2.34. The molecule has 0 spiro atoms. The predicted octanol–water partition coefficient (Wildman–Crippen LogP) is 3.61. The van der Waals surface area contributed by atoms with Crippen molar-refractivity contribution in [2.75, 3.05) is 12.8 Å². The molecule has 1 aromatic carbocycles. The average Bonchev–Trinajstić information content (AvgIpc) is 3.09. The number of aryl methyl sites for hydroxylation is 1. The Labute approximate surface area is 198 Å². The highest BCUT2D eigenvalue weighted by atomic mass is 32.2. The van der Waals surface area contributed by atoms with Crippen molar-refractivity contribution < 1.29 is 27.1 Å². The van der Waals surface area contributed by atoms with E-state index >= 15 is 0 Å². The largest absolute Gasteiger partial charge is 0.437 e. The minimum Gasteiger partial charge on any atom is -0.437 e. The summed E-state index contributed by atoms with van der Waals surface area (Å²) in [6, 6.07) is 7.21. The summed E-state index contributed by atoms with van der Waals surface area (Å²) in [5.74, 6) is -0.960. The van der Waals surface area contributed by atoms with Crippen LogP contribution in [-0.4, -0.2) is 47.1 Å². The first-order valence-electron chi connectivity index (χ1n) is 11.0. The third-order valence-electron chi connectivity index (χ3n) is 5.58. The lowest BCUT2D eigenvalue weighted by Crippen LogP contribution is -2.32. The van der Waals surface area contributed by atoms with Crippen molar-refractivity contribution >= 4 is 27.0 Å². The summed E-state index contributed by atoms with van der Waals surface area (Å²) < 4.78 is 45.5. The summed E-state index contributed by atoms with van der Waals surface area (Å²) in [7, 11) is -3.55. The van der Waals surface area contributed by atoms with E-state index in [9.17, 15) is 22.7 Å². The Kier molecular flexibility index (Phi) is 7.44. The minimum atomic E-state index is -3.55. The number of fused-ring (bicyclic) bond motifs is 1. The van der Waals surface area contributed by atoms with Gasteiger partial charge in [-0.25, -0.2) is 17.8 Å². The molecule has 0 aliphatic rings. The van der Waals surface area contributed by atoms with Crippen molar-refractivity contribution in [2.45, 2.75) is 52.2 Å². The van der Waals surface area contributed by atoms with Gasteiger partial charge in [0.2, 0.25) is 15.7 Å². The van der Waals surface area contributed by atoms with Crippen LogP contribution in [0.15, 0.2) is 34.7 Å². The number of hydrogen-bond donors (Lipinski definition) is 2. The fraction of sp³-hybridized carbons (Fsp3) is 0.417. The van der Waals surface area contributed by atoms with Crippen LogP contribution in [0.1, 0.15) is 55.2 Å². The van der Waals surface area contributed by atoms with Crippen LogP contribution in [0.2, 0.25) is 0 Å². The van der Waals surface area contributed by atoms with Gasteiger partial charge in [0.15, 0.2) is 0 Å². The van der Waals surface area contributed by atoms with Crippen molar-refractivity contribution in [1.29, 1.82) is 0 Å². The molecule has 0 unspecified atom stereocenters. The second kappa shape index (κ2) is 9.81. The van der Waals surface area contributed by atoms with Gasteiger partial charge in [0.05, 0.1) is 35.0 Å². The Morgan fingerprint density at radius 1 is 1.26 bits per heavy atom. The standard InChI is InChI=1S/C24H30FN3O5S/c1-5-15-13-18-20(22(26)29)21(16-7-9-17(25)10-8-16)33-23(18)27-19(15)14-28(34(4,31)32)12-6-11-24(2,3)30/h7-10,13,30H,5-6,11-12,14H2,1-4H3,(H2,26,29). The van der Waals surface area contributed by atoms with Gasteiger partial charge in [-0.15, -0.1) is 0 Å². The quantitative estimate of drug-likeness (QED) is 0.446. The Morgan fingerprint density at radius 2 is 1.91 bits per heavy atom. The number of aliphatic hydroxyl groups is 1. The number of nitrogens with two attached hydrogens (primary N) is 1. The van der Waals surface area contributed by atoms with Crippen LogP contribution in [0.25, 0.3) is 22.4 Å². The molecule has 2 aromatic heterocycles. The molecule has 0 aliphatic carbocycles. The summed E-state index contributed by atoms with van der Waals surface area (Å²) in [6.45, 7) is 5.48. The maximum atomic E-state index is 13.4. The van der Waals surface area contributed by atoms with Gasteiger partial charge < -0.3 is 15.3 Å². The van der Waals surface area contributed by atoms with Gasteiger partial charge in [-0.3, -0.25) is 4.79 Å². The molecule has 34 heavy (non-hydrogen) atoms. The number of benzene rings is 1. The van der Waals surface area contributed by atoms with E-state index in [1.165, 1.54) is 28.6 Å². The zero-order valence-corrected chi connectivity index (χ0v) is 20.6. The molecule has 10 heteroatoms. The lowest BCUT2D eigenvalue weighted by atomic mass is 10.0. The molecule has 0 bridgehead atoms. The van der Waals surface area contributed by atoms with Crippen molar-refractivity contribution in [3.05, 3.63) is 53.0 Å². The van der Waals surface area contributed by atoms with E-state index in [0.717, 1.165) is 11.8 Å². The Morgan fingerprint density at radius 3 is 2.44 bits per heavy atom. The van der Waals surface area contributed by atoms with E-state index in [-0.39, 0.29) is 30.1 Å². The molecule has 0 atom stereocenters. The highest BCUT2D eigenvalue weighted by molar-refractivity contribution is 7.88. The zero-order chi connectivity index (χ0) is 25.3. The summed E-state index contributed by atoms with van der Waals surface area (Å²) in [5.41, 5.74) is 6.74. The smallest absolute Gasteiger partial charge is 0.253 e. The molecular formula is C24H30FN3O5S. The Bertz CT molecular complexity index is 1290. The minimum absolute atomic E-state index is 0.0162. The van der Waals surface area contributed by atoms with Gasteiger partial charge in [0, 0.05) is 12.1 Å². The fourth-order valence-electron chi connectivity index (χ4n) is 3.81. The molecule has 0 fully saturated rings. The zero-order valence-electron chi connectivity index (χ0n) is 19.8. The molecule has 0 aliphatic heterocycles. The molecule has 1 amide bonds. The van der Waals surface area contributed by atoms with Crippen LogP contribution in [0.3, 0.4) is 0 Å². The predicted molar refractivity (Wildman–Crippen MR) is 128 cm³/mol. The van der Waals surface area contributed by atoms with Crippen LogP contribution in [0.5, 0.6) is 0 Å². The maximum Gasteiger partial charge on any atom is 0.253 e. The van der Waals surface area contributed by atoms with Gasteiger partial charge in [-0.2, -0.15) is 4.31 Å². The number of sulfonamides is 1. The normalized spacial score (nSPS) is 12.6. The molecular weight excluding hydrogens is 461 g/mol. The van der Waals surface area contributed by atoms with Gasteiger partial charge in [0.1, 0.15) is 11.6 Å². The first-order valence-corrected chi connectivity index (χ1v) is 12.8. The number of furan rings is 1. The Balaban J connectivity index is 2.05. The van der Waals surface area contributed by atoms with Crippen molar-refractivity contribution in [2.24, 2.45) is 5.73 Å². The van der Waals surface area contributed by atoms with E-state index < -0.39 is 27.3 Å². The van der Waals surface area contributed by atoms with Crippen molar-refractivity contribution in [3.63, 3.8) is 0 Å². The molecule has 2 heterocycles. The first-order chi connectivity index (χ1) is 15.8. The van der Waals surface area contributed by atoms with Gasteiger partial charge in [-0.05, 0) is 69.0 Å². The summed E-state index contributed by atoms with van der Waals surface area (Å²) in [6.07, 6.45) is 2.58. The van der Waals surface area contributed by atoms with Gasteiger partial charge in [0.25, 0.3) is 5.91 Å². The van der Waals surface area contributed by atoms with E-state index in [2.05, 4.69) is 4.98 Å². The maximum absolute atomic E-state index is 13.4. The molecule has 3 N–H and O–H groups in total. The van der Waals surface area contributed by atoms with Crippen LogP contribution < -0.4 is 5.73 Å². The Hall–Kier alpha value is -2.82. The van der Waals surface area contributed by atoms with Crippen LogP contribution >= 0.6 is 0 Å². The average molecular weight is 492 g/mol. The number of aromatic nitrogens is 1. The third-order valence-corrected chi connectivity index (χ3v) is 6.83. The summed E-state index contributed by atoms with van der Waals surface area (Å²) >= 11 is 0. The van der Waals surface area contributed by atoms with E-state index in [1.807, 2.05) is 6.92 Å². The van der Waals surface area contributed by atoms with Crippen molar-refractivity contribution in [3.8, 4) is 11.3 Å². The van der Waals surface area contributed by atoms with Crippen LogP contribution in [0, 0.1) is 5.82 Å². The van der Waals surface area contributed by atoms with Gasteiger partial charge in [-0.1, -0.05) is 6.92 Å². The van der Waals surface area contributed by atoms with E-state index in [4.69, 9.17) is 10.2 Å². The first kappa shape index (κ1) is 25.8. The topological polar surface area (TPSA) is 127 Å². The molecule has 184 valence electrons. The van der Waals surface area contributed by atoms with Crippen LogP contribution in [0.4, 0.5) is 4.39 Å². The van der Waals surface area contributed by atoms with Gasteiger partial charge >= 0.3 is 0 Å². The highest BCUT2D eigenvalue weighted by Gasteiger charge is 2.25. The van der Waals surface area contributed by atoms with E-state index in [1.54, 1.807) is 19.9 Å². The fourth-order valence-corrected chi connectivity index (χ4v) is 4.63. The number of pyridine rings is 1. The molecule has 0 radical (unpaired) electrons. The SMILES string of the molecule is CCc1cc2c(C(N)=O)c(-c3ccc(F)cc3)oc2nc1CN(CCCC(C)(C)O)S(C)(=O)=O. The molecule has 0 saturated heterocycles. The number of primary amides is 1. The monoisotopic (exact) mass is 491 g/mol. The number of hydrogen-bond acceptors (Lipinski definition) is 6. The second-order valence-corrected chi connectivity index (χ2v) is 11.0. The summed E-state index contributed by atoms with van der Waals surface area (Å²) in [4.78, 5) is 16.8. The number of carbonyl (C=O) groups excluding carboxylic acids is 1. The molecule has 3 aromatic rings. The number of rotatable bonds is 10. The number of carbonyl (C=O) groups is 1. The molecule has 8 nitrogen and oxygen atoms in total. The van der Waals surface area contributed by atoms with Crippen LogP contribution in [-0.2, 0) is 23.0 Å². The molecule has 0 saturated carbocycles. The van der Waals surface area contributed by atoms with Crippen molar-refractivity contribution in [1.82, 2.24) is 9.29 Å². The number of amides is 1. The second-order valence-electron chi connectivity index (χ2n) is 8.99. The van der Waals surface area contributed by atoms with E-state index in [0.29, 0.717) is 35.9 Å². The lowest BCUT2D eigenvalue weighted by Gasteiger charge is -2.23. The molecule has 3 rings (SSSR count). The summed E-state index contributed by atoms with van der Waals surface area (Å²) in [5, 5.41) is 10.4. The third kappa shape index (κ3) is 5.99.